The van der Waals surface area contributed by atoms with Crippen molar-refractivity contribution in [2.75, 3.05) is 37.6 Å². The SMILES string of the molecule is CC(=O)N1CCN(c2ccc(C(=O)NCCCn3cc(C)cn3)cc2[N+](=O)[O-])CC1. The van der Waals surface area contributed by atoms with Crippen LogP contribution in [0.15, 0.2) is 30.6 Å². The van der Waals surface area contributed by atoms with Crippen LogP contribution < -0.4 is 10.2 Å². The molecular weight excluding hydrogens is 388 g/mol. The summed E-state index contributed by atoms with van der Waals surface area (Å²) in [5.74, 6) is -0.346. The number of nitro benzene ring substituents is 1. The predicted molar refractivity (Wildman–Crippen MR) is 111 cm³/mol. The van der Waals surface area contributed by atoms with Gasteiger partial charge >= 0.3 is 0 Å². The maximum Gasteiger partial charge on any atom is 0.293 e. The topological polar surface area (TPSA) is 114 Å². The molecule has 1 aliphatic rings. The summed E-state index contributed by atoms with van der Waals surface area (Å²) in [6.07, 6.45) is 4.41. The van der Waals surface area contributed by atoms with Crippen LogP contribution in [0.25, 0.3) is 0 Å². The van der Waals surface area contributed by atoms with Crippen LogP contribution in [0.5, 0.6) is 0 Å². The zero-order valence-corrected chi connectivity index (χ0v) is 17.2. The van der Waals surface area contributed by atoms with Gasteiger partial charge in [0, 0.05) is 64.0 Å². The molecule has 0 atom stereocenters. The zero-order chi connectivity index (χ0) is 21.7. The first-order chi connectivity index (χ1) is 14.3. The number of aromatic nitrogens is 2. The third kappa shape index (κ3) is 5.13. The minimum absolute atomic E-state index is 0.00106. The standard InChI is InChI=1S/C20H26N6O4/c1-15-13-22-25(14-15)7-3-6-21-20(28)17-4-5-18(19(12-17)26(29)30)24-10-8-23(9-11-24)16(2)27/h4-5,12-14H,3,6-11H2,1-2H3,(H,21,28). The van der Waals surface area contributed by atoms with Gasteiger partial charge in [-0.3, -0.25) is 24.4 Å². The second-order valence-corrected chi connectivity index (χ2v) is 7.34. The van der Waals surface area contributed by atoms with Crippen molar-refractivity contribution in [3.63, 3.8) is 0 Å². The minimum Gasteiger partial charge on any atom is -0.362 e. The summed E-state index contributed by atoms with van der Waals surface area (Å²) in [5.41, 5.74) is 1.69. The molecule has 3 rings (SSSR count). The molecule has 1 saturated heterocycles. The highest BCUT2D eigenvalue weighted by molar-refractivity contribution is 5.95. The number of nitrogens with one attached hydrogen (secondary N) is 1. The molecule has 1 N–H and O–H groups in total. The van der Waals surface area contributed by atoms with Crippen molar-refractivity contribution < 1.29 is 14.5 Å². The number of hydrogen-bond acceptors (Lipinski definition) is 6. The molecular formula is C20H26N6O4. The van der Waals surface area contributed by atoms with Gasteiger partial charge in [0.2, 0.25) is 5.91 Å². The molecule has 2 aromatic rings. The Hall–Kier alpha value is -3.43. The van der Waals surface area contributed by atoms with E-state index in [0.29, 0.717) is 51.4 Å². The second-order valence-electron chi connectivity index (χ2n) is 7.34. The lowest BCUT2D eigenvalue weighted by molar-refractivity contribution is -0.384. The van der Waals surface area contributed by atoms with Crippen molar-refractivity contribution in [3.05, 3.63) is 51.8 Å². The van der Waals surface area contributed by atoms with E-state index >= 15 is 0 Å². The fourth-order valence-corrected chi connectivity index (χ4v) is 3.47. The molecule has 160 valence electrons. The number of carbonyl (C=O) groups is 2. The first-order valence-electron chi connectivity index (χ1n) is 9.91. The van der Waals surface area contributed by atoms with E-state index in [2.05, 4.69) is 10.4 Å². The number of nitrogens with zero attached hydrogens (tertiary/aromatic N) is 5. The van der Waals surface area contributed by atoms with E-state index in [9.17, 15) is 19.7 Å². The Morgan fingerprint density at radius 2 is 1.97 bits per heavy atom. The highest BCUT2D eigenvalue weighted by atomic mass is 16.6. The van der Waals surface area contributed by atoms with Crippen LogP contribution in [0.1, 0.15) is 29.3 Å². The highest BCUT2D eigenvalue weighted by Gasteiger charge is 2.25. The maximum atomic E-state index is 12.4. The molecule has 2 heterocycles. The molecule has 1 aromatic carbocycles. The quantitative estimate of drug-likeness (QED) is 0.418. The molecule has 1 aliphatic heterocycles. The summed E-state index contributed by atoms with van der Waals surface area (Å²) >= 11 is 0. The van der Waals surface area contributed by atoms with Crippen molar-refractivity contribution in [1.82, 2.24) is 20.0 Å². The smallest absolute Gasteiger partial charge is 0.293 e. The summed E-state index contributed by atoms with van der Waals surface area (Å²) in [7, 11) is 0. The van der Waals surface area contributed by atoms with Crippen LogP contribution in [-0.2, 0) is 11.3 Å². The van der Waals surface area contributed by atoms with Crippen LogP contribution in [0.4, 0.5) is 11.4 Å². The lowest BCUT2D eigenvalue weighted by Crippen LogP contribution is -2.48. The molecule has 0 unspecified atom stereocenters. The van der Waals surface area contributed by atoms with E-state index in [4.69, 9.17) is 0 Å². The molecule has 0 bridgehead atoms. The Balaban J connectivity index is 1.60. The molecule has 2 amide bonds. The van der Waals surface area contributed by atoms with Crippen molar-refractivity contribution in [1.29, 1.82) is 0 Å². The largest absolute Gasteiger partial charge is 0.362 e. The van der Waals surface area contributed by atoms with Gasteiger partial charge in [-0.05, 0) is 31.0 Å². The van der Waals surface area contributed by atoms with Gasteiger partial charge < -0.3 is 15.1 Å². The number of carbonyl (C=O) groups excluding carboxylic acids is 2. The third-order valence-corrected chi connectivity index (χ3v) is 5.11. The number of anilines is 1. The Morgan fingerprint density at radius 1 is 1.23 bits per heavy atom. The lowest BCUT2D eigenvalue weighted by atomic mass is 10.1. The van der Waals surface area contributed by atoms with E-state index in [1.165, 1.54) is 13.0 Å². The fraction of sp³-hybridized carbons (Fsp3) is 0.450. The Morgan fingerprint density at radius 3 is 2.57 bits per heavy atom. The number of piperazine rings is 1. The summed E-state index contributed by atoms with van der Waals surface area (Å²) in [5, 5.41) is 18.6. The summed E-state index contributed by atoms with van der Waals surface area (Å²) in [6, 6.07) is 4.54. The van der Waals surface area contributed by atoms with Gasteiger partial charge in [0.1, 0.15) is 5.69 Å². The van der Waals surface area contributed by atoms with Gasteiger partial charge in [-0.1, -0.05) is 0 Å². The number of nitro groups is 1. The fourth-order valence-electron chi connectivity index (χ4n) is 3.47. The number of benzene rings is 1. The van der Waals surface area contributed by atoms with Crippen LogP contribution in [-0.4, -0.2) is 64.1 Å². The minimum atomic E-state index is -0.469. The first kappa shape index (κ1) is 21.3. The molecule has 0 aliphatic carbocycles. The monoisotopic (exact) mass is 414 g/mol. The number of hydrogen-bond donors (Lipinski definition) is 1. The van der Waals surface area contributed by atoms with Crippen LogP contribution >= 0.6 is 0 Å². The molecule has 0 spiro atoms. The number of amides is 2. The number of aryl methyl sites for hydroxylation is 2. The third-order valence-electron chi connectivity index (χ3n) is 5.11. The zero-order valence-electron chi connectivity index (χ0n) is 17.2. The van der Waals surface area contributed by atoms with E-state index in [-0.39, 0.29) is 23.1 Å². The van der Waals surface area contributed by atoms with Gasteiger partial charge in [0.15, 0.2) is 0 Å². The predicted octanol–water partition coefficient (Wildman–Crippen LogP) is 1.59. The van der Waals surface area contributed by atoms with Crippen molar-refractivity contribution in [2.45, 2.75) is 26.8 Å². The van der Waals surface area contributed by atoms with Gasteiger partial charge in [0.25, 0.3) is 11.6 Å². The first-order valence-corrected chi connectivity index (χ1v) is 9.91. The molecule has 0 saturated carbocycles. The van der Waals surface area contributed by atoms with Gasteiger partial charge in [-0.15, -0.1) is 0 Å². The van der Waals surface area contributed by atoms with E-state index in [1.807, 2.05) is 22.7 Å². The van der Waals surface area contributed by atoms with Crippen molar-refractivity contribution in [3.8, 4) is 0 Å². The van der Waals surface area contributed by atoms with Crippen LogP contribution in [0, 0.1) is 17.0 Å². The lowest BCUT2D eigenvalue weighted by Gasteiger charge is -2.35. The van der Waals surface area contributed by atoms with E-state index in [0.717, 1.165) is 5.56 Å². The molecule has 1 fully saturated rings. The van der Waals surface area contributed by atoms with E-state index < -0.39 is 4.92 Å². The Labute approximate surface area is 174 Å². The molecule has 30 heavy (non-hydrogen) atoms. The molecule has 1 aromatic heterocycles. The molecule has 10 nitrogen and oxygen atoms in total. The van der Waals surface area contributed by atoms with Crippen LogP contribution in [0.2, 0.25) is 0 Å². The van der Waals surface area contributed by atoms with Gasteiger partial charge in [-0.25, -0.2) is 0 Å². The maximum absolute atomic E-state index is 12.4. The average molecular weight is 414 g/mol. The summed E-state index contributed by atoms with van der Waals surface area (Å²) in [4.78, 5) is 38.6. The second kappa shape index (κ2) is 9.38. The average Bonchev–Trinajstić information content (AvgIpc) is 3.15. The molecule has 0 radical (unpaired) electrons. The van der Waals surface area contributed by atoms with Gasteiger partial charge in [0.05, 0.1) is 11.1 Å². The van der Waals surface area contributed by atoms with E-state index in [1.54, 1.807) is 23.2 Å². The van der Waals surface area contributed by atoms with Crippen molar-refractivity contribution >= 4 is 23.2 Å². The highest BCUT2D eigenvalue weighted by Crippen LogP contribution is 2.30. The van der Waals surface area contributed by atoms with Crippen molar-refractivity contribution in [2.24, 2.45) is 0 Å². The Kier molecular flexibility index (Phi) is 6.65. The normalized spacial score (nSPS) is 13.9. The summed E-state index contributed by atoms with van der Waals surface area (Å²) < 4.78 is 1.81. The van der Waals surface area contributed by atoms with Crippen LogP contribution in [0.3, 0.4) is 0 Å². The Bertz CT molecular complexity index is 933. The summed E-state index contributed by atoms with van der Waals surface area (Å²) in [6.45, 7) is 6.67. The van der Waals surface area contributed by atoms with Gasteiger partial charge in [-0.2, -0.15) is 5.10 Å². The number of rotatable bonds is 7. The molecule has 10 heteroatoms.